The molecule has 1 aromatic heterocycles. The molecule has 0 amide bonds. The molecule has 1 heterocycles. The molecule has 0 fully saturated rings. The number of benzene rings is 1. The van der Waals surface area contributed by atoms with E-state index >= 15 is 0 Å². The minimum absolute atomic E-state index is 0. The predicted molar refractivity (Wildman–Crippen MR) is 56.0 cm³/mol. The van der Waals surface area contributed by atoms with Gasteiger partial charge in [0.15, 0.2) is 0 Å². The largest absolute Gasteiger partial charge is 0.399 e. The smallest absolute Gasteiger partial charge is 0.0907 e. The summed E-state index contributed by atoms with van der Waals surface area (Å²) in [5, 5.41) is 1.09. The number of aromatic nitrogens is 1. The molecule has 1 aromatic carbocycles. The fraction of sp³-hybridized carbons (Fsp3) is 0.125. The van der Waals surface area contributed by atoms with E-state index in [1.54, 1.807) is 11.3 Å². The number of rotatable bonds is 0. The lowest BCUT2D eigenvalue weighted by Crippen LogP contribution is -1.81. The molecule has 0 radical (unpaired) electrons. The summed E-state index contributed by atoms with van der Waals surface area (Å²) in [6.45, 7) is 2.00. The third-order valence-electron chi connectivity index (χ3n) is 1.52. The number of nitrogens with zero attached hydrogens (tertiary/aromatic N) is 1. The molecule has 2 rings (SSSR count). The van der Waals surface area contributed by atoms with Crippen LogP contribution < -0.4 is 5.73 Å². The van der Waals surface area contributed by atoms with E-state index in [4.69, 9.17) is 5.73 Å². The lowest BCUT2D eigenvalue weighted by Gasteiger charge is -1.89. The van der Waals surface area contributed by atoms with Crippen LogP contribution >= 0.6 is 23.7 Å². The van der Waals surface area contributed by atoms with Gasteiger partial charge in [0.2, 0.25) is 0 Å². The van der Waals surface area contributed by atoms with Crippen molar-refractivity contribution < 1.29 is 0 Å². The monoisotopic (exact) mass is 200 g/mol. The van der Waals surface area contributed by atoms with Gasteiger partial charge in [-0.2, -0.15) is 0 Å². The van der Waals surface area contributed by atoms with Gasteiger partial charge in [-0.3, -0.25) is 0 Å². The summed E-state index contributed by atoms with van der Waals surface area (Å²) >= 11 is 1.69. The summed E-state index contributed by atoms with van der Waals surface area (Å²) in [5.41, 5.74) is 7.39. The molecular weight excluding hydrogens is 192 g/mol. The highest BCUT2D eigenvalue weighted by atomic mass is 35.5. The molecule has 0 saturated heterocycles. The molecule has 0 saturated carbocycles. The highest BCUT2D eigenvalue weighted by Gasteiger charge is 1.98. The zero-order valence-electron chi connectivity index (χ0n) is 6.57. The van der Waals surface area contributed by atoms with Gasteiger partial charge in [-0.25, -0.2) is 4.98 Å². The normalized spacial score (nSPS) is 9.75. The third kappa shape index (κ3) is 1.52. The van der Waals surface area contributed by atoms with E-state index in [-0.39, 0.29) is 12.4 Å². The lowest BCUT2D eigenvalue weighted by molar-refractivity contribution is 1.35. The highest BCUT2D eigenvalue weighted by molar-refractivity contribution is 7.18. The van der Waals surface area contributed by atoms with Crippen LogP contribution in [0.2, 0.25) is 0 Å². The van der Waals surface area contributed by atoms with E-state index in [9.17, 15) is 0 Å². The number of nitrogens with two attached hydrogens (primary N) is 1. The maximum Gasteiger partial charge on any atom is 0.0907 e. The van der Waals surface area contributed by atoms with Crippen molar-refractivity contribution in [1.29, 1.82) is 0 Å². The molecule has 64 valence electrons. The van der Waals surface area contributed by atoms with Crippen LogP contribution in [0.15, 0.2) is 18.2 Å². The van der Waals surface area contributed by atoms with Crippen LogP contribution in [0.3, 0.4) is 0 Å². The first-order valence-corrected chi connectivity index (χ1v) is 4.20. The van der Waals surface area contributed by atoms with Gasteiger partial charge in [-0.1, -0.05) is 0 Å². The fourth-order valence-electron chi connectivity index (χ4n) is 1.06. The Bertz CT molecular complexity index is 397. The second-order valence-corrected chi connectivity index (χ2v) is 3.69. The Kier molecular flexibility index (Phi) is 2.55. The lowest BCUT2D eigenvalue weighted by atomic mass is 10.3. The molecule has 0 aliphatic carbocycles. The minimum Gasteiger partial charge on any atom is -0.399 e. The van der Waals surface area contributed by atoms with Crippen molar-refractivity contribution in [3.63, 3.8) is 0 Å². The van der Waals surface area contributed by atoms with Gasteiger partial charge < -0.3 is 5.73 Å². The molecule has 2 nitrogen and oxygen atoms in total. The zero-order valence-corrected chi connectivity index (χ0v) is 8.21. The Hall–Kier alpha value is -0.800. The van der Waals surface area contributed by atoms with Crippen molar-refractivity contribution in [2.24, 2.45) is 0 Å². The maximum absolute atomic E-state index is 5.60. The van der Waals surface area contributed by atoms with Gasteiger partial charge in [-0.05, 0) is 25.1 Å². The topological polar surface area (TPSA) is 38.9 Å². The first-order chi connectivity index (χ1) is 5.25. The van der Waals surface area contributed by atoms with Crippen molar-refractivity contribution in [3.8, 4) is 0 Å². The summed E-state index contributed by atoms with van der Waals surface area (Å²) < 4.78 is 1.21. The third-order valence-corrected chi connectivity index (χ3v) is 2.47. The molecule has 2 N–H and O–H groups in total. The van der Waals surface area contributed by atoms with E-state index in [2.05, 4.69) is 4.98 Å². The summed E-state index contributed by atoms with van der Waals surface area (Å²) in [6, 6.07) is 5.81. The van der Waals surface area contributed by atoms with Gasteiger partial charge in [0.1, 0.15) is 0 Å². The first-order valence-electron chi connectivity index (χ1n) is 3.38. The minimum atomic E-state index is 0. The molecule has 0 aliphatic heterocycles. The molecule has 0 unspecified atom stereocenters. The SMILES string of the molecule is Cc1nc2cc(N)ccc2s1.Cl. The molecule has 0 aliphatic rings. The van der Waals surface area contributed by atoms with Crippen molar-refractivity contribution in [2.45, 2.75) is 6.92 Å². The molecule has 0 spiro atoms. The number of anilines is 1. The van der Waals surface area contributed by atoms with E-state index < -0.39 is 0 Å². The number of aryl methyl sites for hydroxylation is 1. The zero-order chi connectivity index (χ0) is 7.84. The quantitative estimate of drug-likeness (QED) is 0.664. The van der Waals surface area contributed by atoms with E-state index in [0.29, 0.717) is 0 Å². The average Bonchev–Trinajstić information content (AvgIpc) is 2.27. The van der Waals surface area contributed by atoms with Crippen molar-refractivity contribution in [3.05, 3.63) is 23.2 Å². The van der Waals surface area contributed by atoms with Gasteiger partial charge in [0, 0.05) is 5.69 Å². The van der Waals surface area contributed by atoms with Gasteiger partial charge in [0.25, 0.3) is 0 Å². The standard InChI is InChI=1S/C8H8N2S.ClH/c1-5-10-7-4-6(9)2-3-8(7)11-5;/h2-4H,9H2,1H3;1H. The van der Waals surface area contributed by atoms with E-state index in [1.165, 1.54) is 4.70 Å². The van der Waals surface area contributed by atoms with Gasteiger partial charge >= 0.3 is 0 Å². The second-order valence-electron chi connectivity index (χ2n) is 2.46. The fourth-order valence-corrected chi connectivity index (χ4v) is 1.87. The Labute approximate surface area is 80.8 Å². The summed E-state index contributed by atoms with van der Waals surface area (Å²) in [4.78, 5) is 4.31. The van der Waals surface area contributed by atoms with Crippen LogP contribution in [0.4, 0.5) is 5.69 Å². The number of hydrogen-bond acceptors (Lipinski definition) is 3. The number of halogens is 1. The van der Waals surface area contributed by atoms with Crippen LogP contribution in [0, 0.1) is 6.92 Å². The van der Waals surface area contributed by atoms with Gasteiger partial charge in [0.05, 0.1) is 15.2 Å². The van der Waals surface area contributed by atoms with Crippen LogP contribution in [-0.4, -0.2) is 4.98 Å². The summed E-state index contributed by atoms with van der Waals surface area (Å²) in [7, 11) is 0. The maximum atomic E-state index is 5.60. The second kappa shape index (κ2) is 3.29. The molecular formula is C8H9ClN2S. The van der Waals surface area contributed by atoms with Crippen molar-refractivity contribution in [2.75, 3.05) is 5.73 Å². The molecule has 4 heteroatoms. The van der Waals surface area contributed by atoms with Crippen molar-refractivity contribution in [1.82, 2.24) is 4.98 Å². The van der Waals surface area contributed by atoms with Gasteiger partial charge in [-0.15, -0.1) is 23.7 Å². The Morgan fingerprint density at radius 2 is 2.17 bits per heavy atom. The Balaban J connectivity index is 0.000000720. The predicted octanol–water partition coefficient (Wildman–Crippen LogP) is 2.61. The summed E-state index contributed by atoms with van der Waals surface area (Å²) in [5.74, 6) is 0. The Morgan fingerprint density at radius 3 is 2.92 bits per heavy atom. The van der Waals surface area contributed by atoms with E-state index in [1.807, 2.05) is 25.1 Å². The van der Waals surface area contributed by atoms with Crippen LogP contribution in [-0.2, 0) is 0 Å². The summed E-state index contributed by atoms with van der Waals surface area (Å²) in [6.07, 6.45) is 0. The van der Waals surface area contributed by atoms with Crippen LogP contribution in [0.25, 0.3) is 10.2 Å². The van der Waals surface area contributed by atoms with Crippen LogP contribution in [0.5, 0.6) is 0 Å². The number of hydrogen-bond donors (Lipinski definition) is 1. The first kappa shape index (κ1) is 9.29. The number of thiazole rings is 1. The number of fused-ring (bicyclic) bond motifs is 1. The average molecular weight is 201 g/mol. The molecule has 2 aromatic rings. The van der Waals surface area contributed by atoms with Crippen LogP contribution in [0.1, 0.15) is 5.01 Å². The molecule has 0 bridgehead atoms. The number of nitrogen functional groups attached to an aromatic ring is 1. The molecule has 0 atom stereocenters. The van der Waals surface area contributed by atoms with E-state index in [0.717, 1.165) is 16.2 Å². The Morgan fingerprint density at radius 1 is 1.42 bits per heavy atom. The van der Waals surface area contributed by atoms with Crippen molar-refractivity contribution >= 4 is 39.6 Å². The molecule has 12 heavy (non-hydrogen) atoms. The highest BCUT2D eigenvalue weighted by Crippen LogP contribution is 2.22.